The van der Waals surface area contributed by atoms with E-state index < -0.39 is 40.9 Å². The Balaban J connectivity index is 1.59. The predicted octanol–water partition coefficient (Wildman–Crippen LogP) is 1.80. The number of carboxylic acid groups (broad SMARTS) is 1. The zero-order valence-electron chi connectivity index (χ0n) is 19.6. The lowest BCUT2D eigenvalue weighted by atomic mass is 10.0. The highest BCUT2D eigenvalue weighted by Crippen LogP contribution is 2.33. The lowest BCUT2D eigenvalue weighted by Crippen LogP contribution is -2.51. The second kappa shape index (κ2) is 11.9. The van der Waals surface area contributed by atoms with Crippen LogP contribution < -0.4 is 14.8 Å². The Labute approximate surface area is 209 Å². The van der Waals surface area contributed by atoms with Gasteiger partial charge in [0.1, 0.15) is 13.2 Å². The third-order valence-corrected chi connectivity index (χ3v) is 7.54. The van der Waals surface area contributed by atoms with Gasteiger partial charge in [-0.15, -0.1) is 0 Å². The molecule has 2 aromatic carbocycles. The first-order valence-corrected chi connectivity index (χ1v) is 13.2. The van der Waals surface area contributed by atoms with E-state index in [1.807, 2.05) is 6.07 Å². The molecule has 2 aliphatic rings. The zero-order chi connectivity index (χ0) is 25.5. The van der Waals surface area contributed by atoms with Gasteiger partial charge in [0.25, 0.3) is 10.0 Å². The van der Waals surface area contributed by atoms with E-state index in [9.17, 15) is 23.4 Å². The summed E-state index contributed by atoms with van der Waals surface area (Å²) in [6, 6.07) is 12.3. The van der Waals surface area contributed by atoms with Crippen molar-refractivity contribution < 1.29 is 42.5 Å². The number of hydroxylamine groups is 1. The molecule has 1 fully saturated rings. The van der Waals surface area contributed by atoms with Crippen LogP contribution in [-0.2, 0) is 26.0 Å². The average Bonchev–Trinajstić information content (AvgIpc) is 2.88. The molecule has 0 saturated carbocycles. The second-order valence-corrected chi connectivity index (χ2v) is 10.4. The average molecular weight is 523 g/mol. The highest BCUT2D eigenvalue weighted by Gasteiger charge is 2.35. The number of ether oxygens (including phenoxy) is 3. The highest BCUT2D eigenvalue weighted by atomic mass is 32.2. The highest BCUT2D eigenvalue weighted by molar-refractivity contribution is 7.89. The maximum absolute atomic E-state index is 13.7. The van der Waals surface area contributed by atoms with Crippen LogP contribution in [0.1, 0.15) is 18.4 Å². The minimum absolute atomic E-state index is 0.100. The molecule has 2 unspecified atom stereocenters. The zero-order valence-corrected chi connectivity index (χ0v) is 20.4. The van der Waals surface area contributed by atoms with Crippen LogP contribution in [0.15, 0.2) is 53.4 Å². The maximum Gasteiger partial charge on any atom is 0.404 e. The van der Waals surface area contributed by atoms with Crippen molar-refractivity contribution in [3.8, 4) is 11.5 Å². The molecule has 4 rings (SSSR count). The first kappa shape index (κ1) is 26.2. The fraction of sp³-hybridized carbons (Fsp3) is 0.458. The molecule has 2 heterocycles. The Hall–Kier alpha value is -2.90. The SMILES string of the molecule is O=C(O)NC(Cc1ccccc1)C(O)CN(OC1CCOCC1)S(=O)(=O)c1ccc2c(c1)OCCO2. The van der Waals surface area contributed by atoms with Crippen molar-refractivity contribution in [3.63, 3.8) is 0 Å². The number of nitrogens with zero attached hydrogens (tertiary/aromatic N) is 1. The Bertz CT molecular complexity index is 1120. The normalized spacial score (nSPS) is 17.9. The van der Waals surface area contributed by atoms with Crippen LogP contribution in [0.4, 0.5) is 4.79 Å². The molecule has 2 aliphatic heterocycles. The fourth-order valence-electron chi connectivity index (χ4n) is 4.04. The van der Waals surface area contributed by atoms with Crippen molar-refractivity contribution in [1.29, 1.82) is 0 Å². The number of aliphatic hydroxyl groups excluding tert-OH is 1. The number of aliphatic hydroxyl groups is 1. The van der Waals surface area contributed by atoms with Crippen LogP contribution in [0.2, 0.25) is 0 Å². The van der Waals surface area contributed by atoms with Crippen LogP contribution in [0.25, 0.3) is 0 Å². The van der Waals surface area contributed by atoms with E-state index in [2.05, 4.69) is 5.32 Å². The van der Waals surface area contributed by atoms with E-state index in [0.717, 1.165) is 10.0 Å². The van der Waals surface area contributed by atoms with Gasteiger partial charge in [0.15, 0.2) is 11.5 Å². The van der Waals surface area contributed by atoms with Gasteiger partial charge >= 0.3 is 6.09 Å². The largest absolute Gasteiger partial charge is 0.486 e. The van der Waals surface area contributed by atoms with Gasteiger partial charge in [-0.3, -0.25) is 4.84 Å². The van der Waals surface area contributed by atoms with Crippen LogP contribution in [0, 0.1) is 0 Å². The third kappa shape index (κ3) is 6.65. The lowest BCUT2D eigenvalue weighted by Gasteiger charge is -2.32. The summed E-state index contributed by atoms with van der Waals surface area (Å²) in [5, 5.41) is 22.7. The van der Waals surface area contributed by atoms with Gasteiger partial charge in [0, 0.05) is 19.3 Å². The summed E-state index contributed by atoms with van der Waals surface area (Å²) >= 11 is 0. The number of nitrogens with one attached hydrogen (secondary N) is 1. The molecule has 0 spiro atoms. The molecule has 1 amide bonds. The Kier molecular flexibility index (Phi) is 8.64. The van der Waals surface area contributed by atoms with E-state index in [1.54, 1.807) is 24.3 Å². The second-order valence-electron chi connectivity index (χ2n) is 8.53. The van der Waals surface area contributed by atoms with Crippen LogP contribution >= 0.6 is 0 Å². The number of sulfonamides is 1. The molecule has 3 N–H and O–H groups in total. The number of amides is 1. The number of fused-ring (bicyclic) bond motifs is 1. The summed E-state index contributed by atoms with van der Waals surface area (Å²) in [7, 11) is -4.26. The molecule has 0 aromatic heterocycles. The van der Waals surface area contributed by atoms with Crippen molar-refractivity contribution in [2.75, 3.05) is 33.0 Å². The van der Waals surface area contributed by atoms with Gasteiger partial charge in [0.2, 0.25) is 0 Å². The molecule has 1 saturated heterocycles. The first-order valence-electron chi connectivity index (χ1n) is 11.7. The number of rotatable bonds is 10. The topological polar surface area (TPSA) is 144 Å². The molecule has 2 atom stereocenters. The van der Waals surface area contributed by atoms with Crippen molar-refractivity contribution in [1.82, 2.24) is 9.79 Å². The van der Waals surface area contributed by atoms with Crippen LogP contribution in [0.5, 0.6) is 11.5 Å². The molecular formula is C24H30N2O9S. The third-order valence-electron chi connectivity index (χ3n) is 5.92. The monoisotopic (exact) mass is 522 g/mol. The molecule has 12 heteroatoms. The summed E-state index contributed by atoms with van der Waals surface area (Å²) in [6.07, 6.45) is -2.08. The molecule has 0 bridgehead atoms. The summed E-state index contributed by atoms with van der Waals surface area (Å²) in [5.41, 5.74) is 0.780. The molecule has 0 radical (unpaired) electrons. The Morgan fingerprint density at radius 2 is 1.75 bits per heavy atom. The van der Waals surface area contributed by atoms with Crippen molar-refractivity contribution in [3.05, 3.63) is 54.1 Å². The summed E-state index contributed by atoms with van der Waals surface area (Å²) in [6.45, 7) is 1.000. The van der Waals surface area contributed by atoms with E-state index in [-0.39, 0.29) is 11.3 Å². The van der Waals surface area contributed by atoms with Gasteiger partial charge in [-0.1, -0.05) is 34.8 Å². The van der Waals surface area contributed by atoms with Crippen molar-refractivity contribution >= 4 is 16.1 Å². The molecular weight excluding hydrogens is 492 g/mol. The smallest absolute Gasteiger partial charge is 0.404 e. The minimum atomic E-state index is -4.26. The maximum atomic E-state index is 13.7. The Morgan fingerprint density at radius 1 is 1.06 bits per heavy atom. The number of carbonyl (C=O) groups is 1. The van der Waals surface area contributed by atoms with Crippen molar-refractivity contribution in [2.45, 2.75) is 42.4 Å². The molecule has 2 aromatic rings. The molecule has 36 heavy (non-hydrogen) atoms. The fourth-order valence-corrected chi connectivity index (χ4v) is 5.35. The van der Waals surface area contributed by atoms with Gasteiger partial charge < -0.3 is 29.7 Å². The Morgan fingerprint density at radius 3 is 2.44 bits per heavy atom. The van der Waals surface area contributed by atoms with E-state index >= 15 is 0 Å². The van der Waals surface area contributed by atoms with Crippen LogP contribution in [0.3, 0.4) is 0 Å². The van der Waals surface area contributed by atoms with Gasteiger partial charge in [-0.25, -0.2) is 13.2 Å². The number of benzene rings is 2. The van der Waals surface area contributed by atoms with Crippen molar-refractivity contribution in [2.24, 2.45) is 0 Å². The van der Waals surface area contributed by atoms with E-state index in [4.69, 9.17) is 19.0 Å². The van der Waals surface area contributed by atoms with Gasteiger partial charge in [0.05, 0.1) is 29.7 Å². The van der Waals surface area contributed by atoms with E-state index in [1.165, 1.54) is 18.2 Å². The lowest BCUT2D eigenvalue weighted by molar-refractivity contribution is -0.170. The van der Waals surface area contributed by atoms with Gasteiger partial charge in [-0.2, -0.15) is 0 Å². The summed E-state index contributed by atoms with van der Waals surface area (Å²) in [4.78, 5) is 17.2. The molecule has 0 aliphatic carbocycles. The number of hydrogen-bond donors (Lipinski definition) is 3. The van der Waals surface area contributed by atoms with Gasteiger partial charge in [-0.05, 0) is 37.0 Å². The van der Waals surface area contributed by atoms with Crippen LogP contribution in [-0.4, -0.2) is 80.4 Å². The first-order chi connectivity index (χ1) is 17.3. The molecule has 11 nitrogen and oxygen atoms in total. The summed E-state index contributed by atoms with van der Waals surface area (Å²) in [5.74, 6) is 0.731. The predicted molar refractivity (Wildman–Crippen MR) is 127 cm³/mol. The minimum Gasteiger partial charge on any atom is -0.486 e. The standard InChI is InChI=1S/C24H30N2O9S/c27-21(20(25-24(28)29)14-17-4-2-1-3-5-17)16-26(35-18-8-10-32-11-9-18)36(30,31)19-6-7-22-23(15-19)34-13-12-33-22/h1-7,15,18,20-21,25,27H,8-14,16H2,(H,28,29). The quantitative estimate of drug-likeness (QED) is 0.398. The number of hydrogen-bond acceptors (Lipinski definition) is 8. The molecule has 196 valence electrons. The van der Waals surface area contributed by atoms with E-state index in [0.29, 0.717) is 50.8 Å². The summed E-state index contributed by atoms with van der Waals surface area (Å²) < 4.78 is 44.4.